The molecule has 0 bridgehead atoms. The van der Waals surface area contributed by atoms with Gasteiger partial charge in [0, 0.05) is 37.3 Å². The molecule has 0 saturated heterocycles. The van der Waals surface area contributed by atoms with Gasteiger partial charge in [-0.2, -0.15) is 4.98 Å². The summed E-state index contributed by atoms with van der Waals surface area (Å²) in [6.45, 7) is 14.9. The van der Waals surface area contributed by atoms with E-state index in [0.717, 1.165) is 59.7 Å². The Morgan fingerprint density at radius 1 is 1.10 bits per heavy atom. The fraction of sp³-hybridized carbons (Fsp3) is 0.364. The third-order valence-electron chi connectivity index (χ3n) is 7.00. The fourth-order valence-corrected chi connectivity index (χ4v) is 4.80. The number of hydrogen-bond acceptors (Lipinski definition) is 8. The van der Waals surface area contributed by atoms with E-state index >= 15 is 0 Å². The lowest BCUT2D eigenvalue weighted by atomic mass is 10.1. The van der Waals surface area contributed by atoms with Gasteiger partial charge in [0.2, 0.25) is 5.95 Å². The van der Waals surface area contributed by atoms with Crippen LogP contribution in [0.15, 0.2) is 72.7 Å². The molecule has 0 spiro atoms. The van der Waals surface area contributed by atoms with E-state index in [9.17, 15) is 4.79 Å². The summed E-state index contributed by atoms with van der Waals surface area (Å²) >= 11 is 0. The number of nitrogens with one attached hydrogen (secondary N) is 2. The molecule has 4 aromatic rings. The molecular weight excluding hydrogens is 526 g/mol. The molecule has 0 amide bonds. The van der Waals surface area contributed by atoms with Gasteiger partial charge in [0.25, 0.3) is 5.56 Å². The highest BCUT2D eigenvalue weighted by atomic mass is 16.5. The highest BCUT2D eigenvalue weighted by Gasteiger charge is 2.25. The number of rotatable bonds is 8. The summed E-state index contributed by atoms with van der Waals surface area (Å²) in [5, 5.41) is 7.66. The van der Waals surface area contributed by atoms with E-state index in [1.807, 2.05) is 70.5 Å². The third kappa shape index (κ3) is 6.74. The number of fused-ring (bicyclic) bond motifs is 2. The lowest BCUT2D eigenvalue weighted by Gasteiger charge is -2.33. The van der Waals surface area contributed by atoms with E-state index in [1.54, 1.807) is 4.57 Å². The molecule has 2 aromatic heterocycles. The van der Waals surface area contributed by atoms with Crippen molar-refractivity contribution in [2.75, 3.05) is 55.9 Å². The van der Waals surface area contributed by atoms with Crippen molar-refractivity contribution >= 4 is 34.0 Å². The molecular formula is C33H43N7O2. The molecule has 9 nitrogen and oxygen atoms in total. The van der Waals surface area contributed by atoms with Crippen molar-refractivity contribution < 1.29 is 4.74 Å². The number of benzene rings is 2. The van der Waals surface area contributed by atoms with Crippen LogP contribution in [0.4, 0.5) is 23.0 Å². The lowest BCUT2D eigenvalue weighted by molar-refractivity contribution is 0.261. The summed E-state index contributed by atoms with van der Waals surface area (Å²) in [5.41, 5.74) is 5.00. The van der Waals surface area contributed by atoms with Gasteiger partial charge in [-0.1, -0.05) is 26.0 Å². The average Bonchev–Trinajstić information content (AvgIpc) is 3.83. The number of hydrogen-bond donors (Lipinski definition) is 2. The van der Waals surface area contributed by atoms with Crippen LogP contribution in [-0.4, -0.2) is 65.8 Å². The first-order valence-electron chi connectivity index (χ1n) is 14.7. The highest BCUT2D eigenvalue weighted by Crippen LogP contribution is 2.36. The van der Waals surface area contributed by atoms with Crippen LogP contribution in [0.1, 0.15) is 32.3 Å². The first-order valence-corrected chi connectivity index (χ1v) is 14.7. The van der Waals surface area contributed by atoms with Crippen molar-refractivity contribution in [2.24, 2.45) is 0 Å². The molecule has 0 atom stereocenters. The summed E-state index contributed by atoms with van der Waals surface area (Å²) < 4.78 is 7.58. The first-order chi connectivity index (χ1) is 20.5. The van der Waals surface area contributed by atoms with Gasteiger partial charge >= 0.3 is 0 Å². The van der Waals surface area contributed by atoms with Crippen molar-refractivity contribution in [3.8, 4) is 11.4 Å². The van der Waals surface area contributed by atoms with E-state index in [-0.39, 0.29) is 5.56 Å². The number of aryl methyl sites for hydroxylation is 1. The zero-order valence-corrected chi connectivity index (χ0v) is 25.5. The van der Waals surface area contributed by atoms with Crippen LogP contribution < -0.4 is 25.8 Å². The van der Waals surface area contributed by atoms with Crippen LogP contribution in [0, 0.1) is 6.92 Å². The minimum Gasteiger partial charge on any atom is -0.492 e. The number of pyridine rings is 1. The Balaban J connectivity index is 0.000000972. The van der Waals surface area contributed by atoms with Gasteiger partial charge in [-0.25, -0.2) is 4.98 Å². The minimum absolute atomic E-state index is 0.121. The number of ether oxygens (including phenoxy) is 1. The highest BCUT2D eigenvalue weighted by molar-refractivity contribution is 5.86. The number of nitrogens with zero attached hydrogens (tertiary/aromatic N) is 5. The largest absolute Gasteiger partial charge is 0.492 e. The van der Waals surface area contributed by atoms with E-state index < -0.39 is 0 Å². The van der Waals surface area contributed by atoms with Gasteiger partial charge in [-0.05, 0) is 75.8 Å². The predicted octanol–water partition coefficient (Wildman–Crippen LogP) is 6.00. The Morgan fingerprint density at radius 3 is 2.52 bits per heavy atom. The van der Waals surface area contributed by atoms with Gasteiger partial charge < -0.3 is 25.2 Å². The Bertz CT molecular complexity index is 1550. The van der Waals surface area contributed by atoms with Crippen LogP contribution >= 0.6 is 0 Å². The van der Waals surface area contributed by atoms with Crippen LogP contribution in [0.5, 0.6) is 5.75 Å². The topological polar surface area (TPSA) is 87.5 Å². The average molecular weight is 570 g/mol. The minimum atomic E-state index is -0.121. The number of para-hydroxylation sites is 1. The maximum absolute atomic E-state index is 14.2. The van der Waals surface area contributed by atoms with Crippen molar-refractivity contribution in [3.63, 3.8) is 0 Å². The smallest absolute Gasteiger partial charge is 0.280 e. The van der Waals surface area contributed by atoms with Crippen LogP contribution in [0.25, 0.3) is 16.7 Å². The molecule has 1 aliphatic heterocycles. The van der Waals surface area contributed by atoms with E-state index in [2.05, 4.69) is 57.6 Å². The molecule has 42 heavy (non-hydrogen) atoms. The van der Waals surface area contributed by atoms with Crippen molar-refractivity contribution in [1.82, 2.24) is 19.4 Å². The van der Waals surface area contributed by atoms with Crippen molar-refractivity contribution in [1.29, 1.82) is 0 Å². The van der Waals surface area contributed by atoms with Gasteiger partial charge in [0.1, 0.15) is 18.0 Å². The SMILES string of the molecule is C=C.CC.Cc1cccc2c1NCCN2c1cc2cnc(NC3CC3)nc2n(-c2ccc(OCCN(C)C)cc2)c1=O. The van der Waals surface area contributed by atoms with E-state index in [1.165, 1.54) is 0 Å². The second-order valence-corrected chi connectivity index (χ2v) is 10.3. The zero-order chi connectivity index (χ0) is 30.2. The zero-order valence-electron chi connectivity index (χ0n) is 25.5. The van der Waals surface area contributed by atoms with Crippen LogP contribution in [0.2, 0.25) is 0 Å². The standard InChI is InChI=1S/C29H33N7O2.C2H6.C2H4/c1-19-5-4-6-24-26(19)30-13-14-35(24)25-17-20-18-31-29(32-21-7-8-21)33-27(20)36(28(25)37)22-9-11-23(12-10-22)38-16-15-34(2)3;2*1-2/h4-6,9-12,17-18,21,30H,7-8,13-16H2,1-3H3,(H,31,32,33);1-2H3;1-2H2. The first kappa shape index (κ1) is 30.6. The third-order valence-corrected chi connectivity index (χ3v) is 7.00. The van der Waals surface area contributed by atoms with Crippen LogP contribution in [-0.2, 0) is 0 Å². The normalized spacial score (nSPS) is 13.7. The number of aromatic nitrogens is 3. The van der Waals surface area contributed by atoms with Gasteiger partial charge in [-0.3, -0.25) is 9.36 Å². The summed E-state index contributed by atoms with van der Waals surface area (Å²) in [5.74, 6) is 1.31. The summed E-state index contributed by atoms with van der Waals surface area (Å²) in [4.78, 5) is 27.8. The van der Waals surface area contributed by atoms with Gasteiger partial charge in [0.15, 0.2) is 5.65 Å². The summed E-state index contributed by atoms with van der Waals surface area (Å²) in [6, 6.07) is 16.1. The van der Waals surface area contributed by atoms with Crippen molar-refractivity contribution in [2.45, 2.75) is 39.7 Å². The summed E-state index contributed by atoms with van der Waals surface area (Å²) in [7, 11) is 4.03. The fourth-order valence-electron chi connectivity index (χ4n) is 4.80. The monoisotopic (exact) mass is 569 g/mol. The molecule has 1 fully saturated rings. The quantitative estimate of drug-likeness (QED) is 0.250. The predicted molar refractivity (Wildman–Crippen MR) is 175 cm³/mol. The Labute approximate surface area is 248 Å². The molecule has 0 unspecified atom stereocenters. The van der Waals surface area contributed by atoms with E-state index in [4.69, 9.17) is 9.72 Å². The maximum Gasteiger partial charge on any atom is 0.280 e. The molecule has 222 valence electrons. The Kier molecular flexibility index (Phi) is 10.2. The molecule has 0 radical (unpaired) electrons. The molecule has 2 N–H and O–H groups in total. The Morgan fingerprint density at radius 2 is 1.83 bits per heavy atom. The molecule has 2 aliphatic rings. The molecule has 1 saturated carbocycles. The lowest BCUT2D eigenvalue weighted by Crippen LogP contribution is -2.35. The molecule has 2 aromatic carbocycles. The summed E-state index contributed by atoms with van der Waals surface area (Å²) in [6.07, 6.45) is 4.04. The maximum atomic E-state index is 14.2. The second kappa shape index (κ2) is 14.0. The number of likely N-dealkylation sites (N-methyl/N-ethyl adjacent to an activating group) is 1. The van der Waals surface area contributed by atoms with Crippen LogP contribution in [0.3, 0.4) is 0 Å². The second-order valence-electron chi connectivity index (χ2n) is 10.3. The molecule has 9 heteroatoms. The van der Waals surface area contributed by atoms with E-state index in [0.29, 0.717) is 36.5 Å². The van der Waals surface area contributed by atoms with Gasteiger partial charge in [-0.15, -0.1) is 13.2 Å². The molecule has 6 rings (SSSR count). The molecule has 1 aliphatic carbocycles. The van der Waals surface area contributed by atoms with Crippen molar-refractivity contribution in [3.05, 3.63) is 83.8 Å². The van der Waals surface area contributed by atoms with Gasteiger partial charge in [0.05, 0.1) is 17.1 Å². The molecule has 3 heterocycles. The number of anilines is 4. The Hall–Kier alpha value is -4.37.